The lowest BCUT2D eigenvalue weighted by Gasteiger charge is -2.23. The van der Waals surface area contributed by atoms with Gasteiger partial charge in [-0.15, -0.1) is 0 Å². The third kappa shape index (κ3) is 4.63. The van der Waals surface area contributed by atoms with Crippen LogP contribution in [0.5, 0.6) is 0 Å². The molecule has 134 valence electrons. The summed E-state index contributed by atoms with van der Waals surface area (Å²) >= 11 is 0. The molecule has 1 fully saturated rings. The van der Waals surface area contributed by atoms with E-state index in [2.05, 4.69) is 15.1 Å². The molecule has 7 heteroatoms. The van der Waals surface area contributed by atoms with Crippen LogP contribution in [-0.4, -0.2) is 51.0 Å². The number of likely N-dealkylation sites (N-methyl/N-ethyl adjacent to an activating group) is 2. The van der Waals surface area contributed by atoms with E-state index in [1.165, 1.54) is 6.42 Å². The highest BCUT2D eigenvalue weighted by Crippen LogP contribution is 2.35. The summed E-state index contributed by atoms with van der Waals surface area (Å²) in [6, 6.07) is 5.79. The van der Waals surface area contributed by atoms with Gasteiger partial charge in [0.2, 0.25) is 11.8 Å². The van der Waals surface area contributed by atoms with Gasteiger partial charge in [-0.05, 0) is 38.9 Å². The fraction of sp³-hybridized carbons (Fsp3) is 0.556. The standard InChI is InChI=1S/C18H25N5O2/c1-3-23(12-16-20-18(25-21-16)14-7-6-8-14)17(24)13-22(2)11-15-9-4-5-10-19-15/h4-5,9-10,14H,3,6-8,11-13H2,1-2H3. The van der Waals surface area contributed by atoms with E-state index in [0.29, 0.717) is 37.9 Å². The lowest BCUT2D eigenvalue weighted by molar-refractivity contribution is -0.132. The van der Waals surface area contributed by atoms with Crippen LogP contribution in [0.25, 0.3) is 0 Å². The van der Waals surface area contributed by atoms with Crippen LogP contribution in [0.1, 0.15) is 49.5 Å². The number of pyridine rings is 1. The van der Waals surface area contributed by atoms with Crippen molar-refractivity contribution in [3.05, 3.63) is 41.8 Å². The third-order valence-corrected chi connectivity index (χ3v) is 4.57. The highest BCUT2D eigenvalue weighted by atomic mass is 16.5. The lowest BCUT2D eigenvalue weighted by atomic mass is 9.85. The van der Waals surface area contributed by atoms with E-state index >= 15 is 0 Å². The van der Waals surface area contributed by atoms with Gasteiger partial charge in [0.1, 0.15) is 0 Å². The van der Waals surface area contributed by atoms with Crippen molar-refractivity contribution in [2.75, 3.05) is 20.1 Å². The predicted molar refractivity (Wildman–Crippen MR) is 92.6 cm³/mol. The molecule has 1 aliphatic rings. The molecule has 0 N–H and O–H groups in total. The summed E-state index contributed by atoms with van der Waals surface area (Å²) < 4.78 is 5.34. The lowest BCUT2D eigenvalue weighted by Crippen LogP contribution is -2.38. The number of hydrogen-bond acceptors (Lipinski definition) is 6. The molecule has 25 heavy (non-hydrogen) atoms. The Bertz CT molecular complexity index is 684. The predicted octanol–water partition coefficient (Wildman–Crippen LogP) is 2.21. The molecule has 2 aromatic rings. The van der Waals surface area contributed by atoms with Gasteiger partial charge in [-0.2, -0.15) is 4.98 Å². The van der Waals surface area contributed by atoms with Crippen molar-refractivity contribution in [1.29, 1.82) is 0 Å². The van der Waals surface area contributed by atoms with E-state index in [0.717, 1.165) is 24.4 Å². The van der Waals surface area contributed by atoms with E-state index < -0.39 is 0 Å². The fourth-order valence-electron chi connectivity index (χ4n) is 2.85. The fourth-order valence-corrected chi connectivity index (χ4v) is 2.85. The van der Waals surface area contributed by atoms with Gasteiger partial charge in [0.15, 0.2) is 5.82 Å². The number of carbonyl (C=O) groups is 1. The maximum atomic E-state index is 12.6. The maximum Gasteiger partial charge on any atom is 0.237 e. The minimum absolute atomic E-state index is 0.0518. The van der Waals surface area contributed by atoms with Crippen LogP contribution in [0.2, 0.25) is 0 Å². The number of aromatic nitrogens is 3. The number of carbonyl (C=O) groups excluding carboxylic acids is 1. The smallest absolute Gasteiger partial charge is 0.237 e. The summed E-state index contributed by atoms with van der Waals surface area (Å²) in [5.74, 6) is 1.77. The van der Waals surface area contributed by atoms with Crippen LogP contribution < -0.4 is 0 Å². The zero-order valence-electron chi connectivity index (χ0n) is 14.9. The summed E-state index contributed by atoms with van der Waals surface area (Å²) in [7, 11) is 1.92. The first kappa shape index (κ1) is 17.5. The monoisotopic (exact) mass is 343 g/mol. The van der Waals surface area contributed by atoms with Crippen molar-refractivity contribution in [1.82, 2.24) is 24.9 Å². The Morgan fingerprint density at radius 3 is 2.80 bits per heavy atom. The topological polar surface area (TPSA) is 75.4 Å². The molecule has 0 saturated heterocycles. The first-order valence-electron chi connectivity index (χ1n) is 8.84. The Morgan fingerprint density at radius 1 is 1.32 bits per heavy atom. The minimum atomic E-state index is 0.0518. The summed E-state index contributed by atoms with van der Waals surface area (Å²) in [5.41, 5.74) is 0.948. The number of amides is 1. The zero-order valence-corrected chi connectivity index (χ0v) is 14.9. The molecular formula is C18H25N5O2. The van der Waals surface area contributed by atoms with Gasteiger partial charge >= 0.3 is 0 Å². The summed E-state index contributed by atoms with van der Waals surface area (Å²) in [6.45, 7) is 3.94. The Labute approximate surface area is 148 Å². The number of rotatable bonds is 8. The second-order valence-corrected chi connectivity index (χ2v) is 6.58. The van der Waals surface area contributed by atoms with Crippen LogP contribution in [0.15, 0.2) is 28.9 Å². The molecule has 0 aliphatic heterocycles. The zero-order chi connectivity index (χ0) is 17.6. The van der Waals surface area contributed by atoms with Crippen molar-refractivity contribution < 1.29 is 9.32 Å². The van der Waals surface area contributed by atoms with Gasteiger partial charge in [-0.25, -0.2) is 0 Å². The number of hydrogen-bond donors (Lipinski definition) is 0. The van der Waals surface area contributed by atoms with Crippen molar-refractivity contribution in [2.45, 2.75) is 45.2 Å². The molecule has 7 nitrogen and oxygen atoms in total. The minimum Gasteiger partial charge on any atom is -0.339 e. The molecule has 2 aromatic heterocycles. The Balaban J connectivity index is 1.52. The first-order valence-corrected chi connectivity index (χ1v) is 8.84. The molecule has 0 atom stereocenters. The Kier molecular flexibility index (Phi) is 5.75. The van der Waals surface area contributed by atoms with Gasteiger partial charge in [0.25, 0.3) is 0 Å². The van der Waals surface area contributed by atoms with Crippen LogP contribution in [-0.2, 0) is 17.9 Å². The van der Waals surface area contributed by atoms with Crippen molar-refractivity contribution in [2.24, 2.45) is 0 Å². The van der Waals surface area contributed by atoms with E-state index in [9.17, 15) is 4.79 Å². The van der Waals surface area contributed by atoms with Gasteiger partial charge in [0.05, 0.1) is 18.8 Å². The average Bonchev–Trinajstić information content (AvgIpc) is 2.99. The molecule has 1 amide bonds. The van der Waals surface area contributed by atoms with Crippen LogP contribution in [0, 0.1) is 0 Å². The van der Waals surface area contributed by atoms with Crippen molar-refractivity contribution >= 4 is 5.91 Å². The molecular weight excluding hydrogens is 318 g/mol. The molecule has 0 unspecified atom stereocenters. The molecule has 1 aliphatic carbocycles. The average molecular weight is 343 g/mol. The molecule has 3 rings (SSSR count). The van der Waals surface area contributed by atoms with Crippen LogP contribution in [0.4, 0.5) is 0 Å². The SMILES string of the molecule is CCN(Cc1noc(C2CCC2)n1)C(=O)CN(C)Cc1ccccn1. The van der Waals surface area contributed by atoms with Gasteiger partial charge < -0.3 is 9.42 Å². The van der Waals surface area contributed by atoms with Gasteiger partial charge in [0, 0.05) is 25.2 Å². The molecule has 0 spiro atoms. The normalized spacial score (nSPS) is 14.5. The summed E-state index contributed by atoms with van der Waals surface area (Å²) in [5, 5.41) is 4.03. The summed E-state index contributed by atoms with van der Waals surface area (Å²) in [4.78, 5) is 25.0. The second kappa shape index (κ2) is 8.20. The van der Waals surface area contributed by atoms with Gasteiger partial charge in [-0.1, -0.05) is 17.6 Å². The van der Waals surface area contributed by atoms with Crippen molar-refractivity contribution in [3.63, 3.8) is 0 Å². The largest absolute Gasteiger partial charge is 0.339 e. The first-order chi connectivity index (χ1) is 12.2. The second-order valence-electron chi connectivity index (χ2n) is 6.58. The molecule has 1 saturated carbocycles. The Hall–Kier alpha value is -2.28. The van der Waals surface area contributed by atoms with E-state index in [1.54, 1.807) is 11.1 Å². The molecule has 0 radical (unpaired) electrons. The highest BCUT2D eigenvalue weighted by Gasteiger charge is 2.26. The van der Waals surface area contributed by atoms with E-state index in [4.69, 9.17) is 4.52 Å². The Morgan fingerprint density at radius 2 is 2.16 bits per heavy atom. The number of nitrogens with zero attached hydrogens (tertiary/aromatic N) is 5. The maximum absolute atomic E-state index is 12.6. The summed E-state index contributed by atoms with van der Waals surface area (Å²) in [6.07, 6.45) is 5.23. The van der Waals surface area contributed by atoms with Crippen LogP contribution >= 0.6 is 0 Å². The third-order valence-electron chi connectivity index (χ3n) is 4.57. The van der Waals surface area contributed by atoms with Crippen molar-refractivity contribution in [3.8, 4) is 0 Å². The molecule has 0 bridgehead atoms. The molecule has 0 aromatic carbocycles. The van der Waals surface area contributed by atoms with Gasteiger partial charge in [-0.3, -0.25) is 14.7 Å². The van der Waals surface area contributed by atoms with E-state index in [1.807, 2.05) is 37.1 Å². The highest BCUT2D eigenvalue weighted by molar-refractivity contribution is 5.78. The quantitative estimate of drug-likeness (QED) is 0.731. The van der Waals surface area contributed by atoms with Crippen LogP contribution in [0.3, 0.4) is 0 Å². The molecule has 2 heterocycles. The van der Waals surface area contributed by atoms with E-state index in [-0.39, 0.29) is 5.91 Å².